The summed E-state index contributed by atoms with van der Waals surface area (Å²) < 4.78 is 5.29. The fourth-order valence-corrected chi connectivity index (χ4v) is 4.19. The van der Waals surface area contributed by atoms with E-state index in [0.717, 1.165) is 57.2 Å². The van der Waals surface area contributed by atoms with E-state index in [1.165, 1.54) is 0 Å². The molecule has 0 aromatic heterocycles. The zero-order valence-corrected chi connectivity index (χ0v) is 14.9. The molecule has 1 aromatic carbocycles. The lowest BCUT2D eigenvalue weighted by Gasteiger charge is -2.44. The molecule has 2 aliphatic rings. The van der Waals surface area contributed by atoms with Crippen molar-refractivity contribution < 1.29 is 19.4 Å². The van der Waals surface area contributed by atoms with Gasteiger partial charge in [-0.15, -0.1) is 0 Å². The van der Waals surface area contributed by atoms with E-state index in [-0.39, 0.29) is 11.3 Å². The summed E-state index contributed by atoms with van der Waals surface area (Å²) in [5.41, 5.74) is 1.02. The zero-order valence-electron chi connectivity index (χ0n) is 14.9. The topological polar surface area (TPSA) is 66.8 Å². The van der Waals surface area contributed by atoms with Crippen molar-refractivity contribution in [3.8, 4) is 0 Å². The maximum atomic E-state index is 12.9. The van der Waals surface area contributed by atoms with Crippen molar-refractivity contribution in [2.45, 2.75) is 38.5 Å². The zero-order chi connectivity index (χ0) is 17.9. The van der Waals surface area contributed by atoms with Gasteiger partial charge in [-0.2, -0.15) is 0 Å². The first-order valence-corrected chi connectivity index (χ1v) is 9.15. The predicted octanol–water partition coefficient (Wildman–Crippen LogP) is 2.98. The number of carboxylic acids is 1. The Balaban J connectivity index is 1.57. The molecular weight excluding hydrogens is 318 g/mol. The fourth-order valence-electron chi connectivity index (χ4n) is 4.19. The summed E-state index contributed by atoms with van der Waals surface area (Å²) in [5, 5.41) is 9.32. The summed E-state index contributed by atoms with van der Waals surface area (Å²) >= 11 is 0. The van der Waals surface area contributed by atoms with Crippen molar-refractivity contribution in [2.24, 2.45) is 11.3 Å². The Morgan fingerprint density at radius 1 is 1.24 bits per heavy atom. The van der Waals surface area contributed by atoms with Gasteiger partial charge in [0, 0.05) is 20.2 Å². The van der Waals surface area contributed by atoms with Crippen molar-refractivity contribution in [1.82, 2.24) is 4.90 Å². The van der Waals surface area contributed by atoms with Crippen LogP contribution in [0.5, 0.6) is 0 Å². The van der Waals surface area contributed by atoms with Gasteiger partial charge in [0.1, 0.15) is 0 Å². The van der Waals surface area contributed by atoms with E-state index in [0.29, 0.717) is 18.1 Å². The van der Waals surface area contributed by atoms with Crippen molar-refractivity contribution in [1.29, 1.82) is 0 Å². The van der Waals surface area contributed by atoms with Crippen LogP contribution in [-0.4, -0.2) is 48.7 Å². The van der Waals surface area contributed by atoms with E-state index in [1.54, 1.807) is 19.2 Å². The van der Waals surface area contributed by atoms with Gasteiger partial charge in [-0.25, -0.2) is 4.79 Å². The first kappa shape index (κ1) is 17.9. The number of carboxylic acid groups (broad SMARTS) is 1. The Labute approximate surface area is 149 Å². The van der Waals surface area contributed by atoms with Crippen molar-refractivity contribution >= 4 is 11.9 Å². The molecule has 25 heavy (non-hydrogen) atoms. The molecule has 0 atom stereocenters. The predicted molar refractivity (Wildman–Crippen MR) is 94.6 cm³/mol. The molecule has 5 nitrogen and oxygen atoms in total. The third kappa shape index (κ3) is 3.71. The number of hydrogen-bond acceptors (Lipinski definition) is 3. The average Bonchev–Trinajstić information content (AvgIpc) is 2.58. The van der Waals surface area contributed by atoms with E-state index in [2.05, 4.69) is 0 Å². The number of methoxy groups -OCH3 is 1. The molecule has 0 spiro atoms. The second-order valence-corrected chi connectivity index (χ2v) is 7.47. The quantitative estimate of drug-likeness (QED) is 0.861. The Hall–Kier alpha value is -1.88. The van der Waals surface area contributed by atoms with Crippen molar-refractivity contribution in [3.63, 3.8) is 0 Å². The Morgan fingerprint density at radius 3 is 2.48 bits per heavy atom. The van der Waals surface area contributed by atoms with Crippen LogP contribution in [0.4, 0.5) is 0 Å². The molecule has 1 aliphatic carbocycles. The van der Waals surface area contributed by atoms with Crippen LogP contribution in [0.25, 0.3) is 0 Å². The summed E-state index contributed by atoms with van der Waals surface area (Å²) in [4.78, 5) is 26.2. The molecule has 1 saturated heterocycles. The van der Waals surface area contributed by atoms with Crippen LogP contribution < -0.4 is 0 Å². The number of amides is 1. The Kier molecular flexibility index (Phi) is 5.42. The van der Waals surface area contributed by atoms with Gasteiger partial charge in [-0.1, -0.05) is 24.6 Å². The molecule has 0 unspecified atom stereocenters. The molecule has 5 heteroatoms. The summed E-state index contributed by atoms with van der Waals surface area (Å²) in [6.45, 7) is 2.06. The maximum Gasteiger partial charge on any atom is 0.335 e. The summed E-state index contributed by atoms with van der Waals surface area (Å²) in [6, 6.07) is 7.23. The van der Waals surface area contributed by atoms with E-state index < -0.39 is 5.97 Å². The maximum absolute atomic E-state index is 12.9. The molecule has 0 bridgehead atoms. The van der Waals surface area contributed by atoms with Gasteiger partial charge in [0.15, 0.2) is 0 Å². The summed E-state index contributed by atoms with van der Waals surface area (Å²) in [7, 11) is 1.67. The van der Waals surface area contributed by atoms with Gasteiger partial charge in [0.05, 0.1) is 17.6 Å². The van der Waals surface area contributed by atoms with Gasteiger partial charge in [-0.05, 0) is 49.7 Å². The number of piperidine rings is 1. The lowest BCUT2D eigenvalue weighted by atomic mass is 9.68. The molecule has 1 N–H and O–H groups in total. The van der Waals surface area contributed by atoms with Crippen LogP contribution in [0.3, 0.4) is 0 Å². The van der Waals surface area contributed by atoms with E-state index in [4.69, 9.17) is 4.74 Å². The fraction of sp³-hybridized carbons (Fsp3) is 0.600. The van der Waals surface area contributed by atoms with Gasteiger partial charge in [0.2, 0.25) is 5.91 Å². The van der Waals surface area contributed by atoms with Crippen LogP contribution in [-0.2, 0) is 16.0 Å². The number of likely N-dealkylation sites (tertiary alicyclic amines) is 1. The highest BCUT2D eigenvalue weighted by Gasteiger charge is 2.46. The SMILES string of the molecule is COCC1(C(=O)N2CCC(Cc3ccccc3C(=O)O)CC2)CCC1. The number of hydrogen-bond donors (Lipinski definition) is 1. The minimum absolute atomic E-state index is 0.255. The van der Waals surface area contributed by atoms with Crippen LogP contribution in [0.2, 0.25) is 0 Å². The molecule has 2 fully saturated rings. The Morgan fingerprint density at radius 2 is 1.92 bits per heavy atom. The van der Waals surface area contributed by atoms with Crippen LogP contribution in [0.15, 0.2) is 24.3 Å². The molecule has 1 heterocycles. The summed E-state index contributed by atoms with van der Waals surface area (Å²) in [5.74, 6) is -0.177. The monoisotopic (exact) mass is 345 g/mol. The average molecular weight is 345 g/mol. The third-order valence-electron chi connectivity index (χ3n) is 5.84. The lowest BCUT2D eigenvalue weighted by molar-refractivity contribution is -0.153. The highest BCUT2D eigenvalue weighted by Crippen LogP contribution is 2.43. The number of carbonyl (C=O) groups is 2. The molecule has 0 radical (unpaired) electrons. The first-order chi connectivity index (χ1) is 12.1. The van der Waals surface area contributed by atoms with Gasteiger partial charge >= 0.3 is 5.97 Å². The standard InChI is InChI=1S/C20H27NO4/c1-25-14-20(9-4-10-20)19(24)21-11-7-15(8-12-21)13-16-5-2-3-6-17(16)18(22)23/h2-3,5-6,15H,4,7-14H2,1H3,(H,22,23). The molecule has 136 valence electrons. The lowest BCUT2D eigenvalue weighted by Crippen LogP contribution is -2.52. The highest BCUT2D eigenvalue weighted by molar-refractivity contribution is 5.89. The van der Waals surface area contributed by atoms with E-state index in [1.807, 2.05) is 17.0 Å². The molecule has 1 aliphatic heterocycles. The first-order valence-electron chi connectivity index (χ1n) is 9.15. The normalized spacial score (nSPS) is 20.1. The molecule has 3 rings (SSSR count). The number of nitrogens with zero attached hydrogens (tertiary/aromatic N) is 1. The smallest absolute Gasteiger partial charge is 0.335 e. The molecule has 1 saturated carbocycles. The van der Waals surface area contributed by atoms with Gasteiger partial charge < -0.3 is 14.7 Å². The second kappa shape index (κ2) is 7.56. The number of aromatic carboxylic acids is 1. The number of carbonyl (C=O) groups excluding carboxylic acids is 1. The Bertz CT molecular complexity index is 630. The third-order valence-corrected chi connectivity index (χ3v) is 5.84. The number of rotatable bonds is 6. The molecule has 1 aromatic rings. The van der Waals surface area contributed by atoms with Gasteiger partial charge in [0.25, 0.3) is 0 Å². The summed E-state index contributed by atoms with van der Waals surface area (Å²) in [6.07, 6.45) is 5.62. The molecule has 1 amide bonds. The minimum Gasteiger partial charge on any atom is -0.478 e. The van der Waals surface area contributed by atoms with Crippen molar-refractivity contribution in [2.75, 3.05) is 26.8 Å². The molecular formula is C20H27NO4. The largest absolute Gasteiger partial charge is 0.478 e. The highest BCUT2D eigenvalue weighted by atomic mass is 16.5. The van der Waals surface area contributed by atoms with E-state index in [9.17, 15) is 14.7 Å². The van der Waals surface area contributed by atoms with Crippen molar-refractivity contribution in [3.05, 3.63) is 35.4 Å². The van der Waals surface area contributed by atoms with Gasteiger partial charge in [-0.3, -0.25) is 4.79 Å². The van der Waals surface area contributed by atoms with Crippen LogP contribution >= 0.6 is 0 Å². The number of benzene rings is 1. The van der Waals surface area contributed by atoms with Crippen LogP contribution in [0.1, 0.15) is 48.0 Å². The van der Waals surface area contributed by atoms with Crippen LogP contribution in [0, 0.1) is 11.3 Å². The number of ether oxygens (including phenoxy) is 1. The van der Waals surface area contributed by atoms with E-state index >= 15 is 0 Å². The second-order valence-electron chi connectivity index (χ2n) is 7.47. The minimum atomic E-state index is -0.866.